The molecule has 0 N–H and O–H groups in total. The van der Waals surface area contributed by atoms with E-state index in [2.05, 4.69) is 4.99 Å². The molecule has 1 atom stereocenters. The molecule has 0 aliphatic carbocycles. The molecule has 0 aromatic heterocycles. The van der Waals surface area contributed by atoms with Gasteiger partial charge in [0.25, 0.3) is 0 Å². The Bertz CT molecular complexity index is 122. The van der Waals surface area contributed by atoms with Crippen LogP contribution in [0.2, 0.25) is 0 Å². The van der Waals surface area contributed by atoms with Crippen molar-refractivity contribution in [2.24, 2.45) is 4.99 Å². The third kappa shape index (κ3) is 1.59. The molecule has 3 nitrogen and oxygen atoms in total. The molecule has 3 heteroatoms. The van der Waals surface area contributed by atoms with Crippen molar-refractivity contribution in [3.63, 3.8) is 0 Å². The molecule has 0 bridgehead atoms. The standard InChI is InChI=1S/C6H11NO2/c1-3-8-6-7-5(2)4-9-6/h5H,3-4H2,1-2H3/t5-/m0/s1. The molecule has 1 aliphatic rings. The van der Waals surface area contributed by atoms with Gasteiger partial charge in [-0.2, -0.15) is 0 Å². The van der Waals surface area contributed by atoms with Crippen LogP contribution in [0.5, 0.6) is 0 Å². The van der Waals surface area contributed by atoms with E-state index in [1.807, 2.05) is 13.8 Å². The second-order valence-corrected chi connectivity index (χ2v) is 1.99. The van der Waals surface area contributed by atoms with Crippen LogP contribution in [0.3, 0.4) is 0 Å². The summed E-state index contributed by atoms with van der Waals surface area (Å²) in [4.78, 5) is 4.05. The number of rotatable bonds is 1. The lowest BCUT2D eigenvalue weighted by molar-refractivity contribution is 0.194. The third-order valence-corrected chi connectivity index (χ3v) is 1.04. The Morgan fingerprint density at radius 2 is 2.67 bits per heavy atom. The Morgan fingerprint density at radius 3 is 3.11 bits per heavy atom. The van der Waals surface area contributed by atoms with Crippen molar-refractivity contribution in [3.05, 3.63) is 0 Å². The normalized spacial score (nSPS) is 25.1. The SMILES string of the molecule is CCOC1=N[C@@H](C)CO1. The van der Waals surface area contributed by atoms with Gasteiger partial charge in [-0.1, -0.05) is 0 Å². The van der Waals surface area contributed by atoms with E-state index in [4.69, 9.17) is 9.47 Å². The molecule has 0 spiro atoms. The van der Waals surface area contributed by atoms with Crippen molar-refractivity contribution in [1.29, 1.82) is 0 Å². The molecule has 1 rings (SSSR count). The van der Waals surface area contributed by atoms with E-state index >= 15 is 0 Å². The molecule has 0 fully saturated rings. The Morgan fingerprint density at radius 1 is 1.89 bits per heavy atom. The zero-order valence-electron chi connectivity index (χ0n) is 5.76. The van der Waals surface area contributed by atoms with Crippen LogP contribution in [0.1, 0.15) is 13.8 Å². The highest BCUT2D eigenvalue weighted by Crippen LogP contribution is 2.03. The first-order valence-electron chi connectivity index (χ1n) is 3.16. The van der Waals surface area contributed by atoms with Crippen molar-refractivity contribution in [2.45, 2.75) is 19.9 Å². The molecule has 0 unspecified atom stereocenters. The average Bonchev–Trinajstić information content (AvgIpc) is 2.17. The summed E-state index contributed by atoms with van der Waals surface area (Å²) in [5.41, 5.74) is 0. The second kappa shape index (κ2) is 2.71. The minimum absolute atomic E-state index is 0.270. The maximum absolute atomic E-state index is 5.03. The minimum atomic E-state index is 0.270. The molecular formula is C6H11NO2. The molecule has 0 radical (unpaired) electrons. The van der Waals surface area contributed by atoms with Crippen LogP contribution in [-0.2, 0) is 9.47 Å². The molecule has 52 valence electrons. The molecule has 9 heavy (non-hydrogen) atoms. The lowest BCUT2D eigenvalue weighted by Crippen LogP contribution is -2.04. The van der Waals surface area contributed by atoms with Crippen LogP contribution in [0.15, 0.2) is 4.99 Å². The third-order valence-electron chi connectivity index (χ3n) is 1.04. The Balaban J connectivity index is 2.33. The lowest BCUT2D eigenvalue weighted by Gasteiger charge is -1.98. The minimum Gasteiger partial charge on any atom is -0.451 e. The first-order valence-corrected chi connectivity index (χ1v) is 3.16. The van der Waals surface area contributed by atoms with Crippen LogP contribution in [0.25, 0.3) is 0 Å². The number of hydrogen-bond acceptors (Lipinski definition) is 3. The van der Waals surface area contributed by atoms with Crippen molar-refractivity contribution < 1.29 is 9.47 Å². The van der Waals surface area contributed by atoms with Gasteiger partial charge < -0.3 is 9.47 Å². The molecule has 0 saturated carbocycles. The molecule has 1 aliphatic heterocycles. The number of aliphatic imine (C=N–C) groups is 1. The van der Waals surface area contributed by atoms with E-state index in [9.17, 15) is 0 Å². The predicted molar refractivity (Wildman–Crippen MR) is 34.5 cm³/mol. The van der Waals surface area contributed by atoms with Crippen molar-refractivity contribution in [3.8, 4) is 0 Å². The van der Waals surface area contributed by atoms with Gasteiger partial charge >= 0.3 is 6.08 Å². The van der Waals surface area contributed by atoms with E-state index in [1.165, 1.54) is 0 Å². The molecule has 0 aromatic rings. The summed E-state index contributed by atoms with van der Waals surface area (Å²) in [5.74, 6) is 0. The molecule has 1 heterocycles. The van der Waals surface area contributed by atoms with Crippen molar-refractivity contribution in [1.82, 2.24) is 0 Å². The highest BCUT2D eigenvalue weighted by Gasteiger charge is 2.14. The fraction of sp³-hybridized carbons (Fsp3) is 0.833. The zero-order valence-corrected chi connectivity index (χ0v) is 5.76. The maximum Gasteiger partial charge on any atom is 0.383 e. The van der Waals surface area contributed by atoms with Crippen molar-refractivity contribution in [2.75, 3.05) is 13.2 Å². The largest absolute Gasteiger partial charge is 0.451 e. The lowest BCUT2D eigenvalue weighted by atomic mass is 10.4. The number of nitrogens with zero attached hydrogens (tertiary/aromatic N) is 1. The molecular weight excluding hydrogens is 118 g/mol. The average molecular weight is 129 g/mol. The highest BCUT2D eigenvalue weighted by molar-refractivity contribution is 5.68. The first-order chi connectivity index (χ1) is 4.33. The topological polar surface area (TPSA) is 30.8 Å². The summed E-state index contributed by atoms with van der Waals surface area (Å²) in [6.07, 6.45) is 0.449. The van der Waals surface area contributed by atoms with Gasteiger partial charge in [-0.05, 0) is 13.8 Å². The molecule has 0 saturated heterocycles. The van der Waals surface area contributed by atoms with Gasteiger partial charge in [0.15, 0.2) is 0 Å². The van der Waals surface area contributed by atoms with E-state index in [0.29, 0.717) is 19.3 Å². The van der Waals surface area contributed by atoms with Crippen LogP contribution in [0.4, 0.5) is 0 Å². The molecule has 0 amide bonds. The first kappa shape index (κ1) is 6.39. The maximum atomic E-state index is 5.03. The van der Waals surface area contributed by atoms with Crippen molar-refractivity contribution >= 4 is 6.08 Å². The Kier molecular flexibility index (Phi) is 1.92. The monoisotopic (exact) mass is 129 g/mol. The second-order valence-electron chi connectivity index (χ2n) is 1.99. The predicted octanol–water partition coefficient (Wildman–Crippen LogP) is 0.798. The fourth-order valence-corrected chi connectivity index (χ4v) is 0.649. The van der Waals surface area contributed by atoms with Gasteiger partial charge in [-0.25, -0.2) is 4.99 Å². The van der Waals surface area contributed by atoms with Gasteiger partial charge in [-0.15, -0.1) is 0 Å². The van der Waals surface area contributed by atoms with E-state index < -0.39 is 0 Å². The summed E-state index contributed by atoms with van der Waals surface area (Å²) in [7, 11) is 0. The molecule has 0 aromatic carbocycles. The van der Waals surface area contributed by atoms with Gasteiger partial charge in [0.05, 0.1) is 12.6 Å². The number of ether oxygens (including phenoxy) is 2. The quantitative estimate of drug-likeness (QED) is 0.524. The van der Waals surface area contributed by atoms with E-state index in [-0.39, 0.29) is 6.04 Å². The number of hydrogen-bond donors (Lipinski definition) is 0. The van der Waals surface area contributed by atoms with Gasteiger partial charge in [0, 0.05) is 0 Å². The van der Waals surface area contributed by atoms with Gasteiger partial charge in [0.2, 0.25) is 0 Å². The van der Waals surface area contributed by atoms with Gasteiger partial charge in [-0.3, -0.25) is 0 Å². The van der Waals surface area contributed by atoms with Crippen LogP contribution in [0, 0.1) is 0 Å². The highest BCUT2D eigenvalue weighted by atomic mass is 16.7. The summed E-state index contributed by atoms with van der Waals surface area (Å²) >= 11 is 0. The van der Waals surface area contributed by atoms with Gasteiger partial charge in [0.1, 0.15) is 6.61 Å². The van der Waals surface area contributed by atoms with Crippen LogP contribution in [-0.4, -0.2) is 25.3 Å². The Labute approximate surface area is 54.7 Å². The van der Waals surface area contributed by atoms with E-state index in [1.54, 1.807) is 0 Å². The van der Waals surface area contributed by atoms with Crippen LogP contribution >= 0.6 is 0 Å². The Hall–Kier alpha value is -0.730. The smallest absolute Gasteiger partial charge is 0.383 e. The fourth-order valence-electron chi connectivity index (χ4n) is 0.649. The summed E-state index contributed by atoms with van der Waals surface area (Å²) in [6, 6.07) is 0.270. The summed E-state index contributed by atoms with van der Waals surface area (Å²) in [5, 5.41) is 0. The summed E-state index contributed by atoms with van der Waals surface area (Å²) in [6.45, 7) is 5.20. The van der Waals surface area contributed by atoms with E-state index in [0.717, 1.165) is 0 Å². The zero-order chi connectivity index (χ0) is 6.69. The summed E-state index contributed by atoms with van der Waals surface area (Å²) < 4.78 is 10.0. The van der Waals surface area contributed by atoms with Crippen LogP contribution < -0.4 is 0 Å².